The molecule has 2 aliphatic heterocycles. The Morgan fingerprint density at radius 1 is 0.955 bits per heavy atom. The second kappa shape index (κ2) is 18.3. The average Bonchev–Trinajstić information content (AvgIpc) is 3.99. The van der Waals surface area contributed by atoms with Gasteiger partial charge in [0, 0.05) is 42.3 Å². The van der Waals surface area contributed by atoms with Crippen molar-refractivity contribution in [1.82, 2.24) is 15.3 Å². The van der Waals surface area contributed by atoms with Gasteiger partial charge < -0.3 is 61.3 Å². The van der Waals surface area contributed by atoms with Crippen LogP contribution in [0.15, 0.2) is 24.2 Å². The van der Waals surface area contributed by atoms with E-state index in [1.165, 1.54) is 5.57 Å². The standard InChI is InChI=1S/C52H82N4O11/c1-47(26-57)16-18-51(46(64)65)19-17-49(3)32(34(51)23-47)12-13-38-50(49,4)15-14-37-48(2,27-58)44(67-45-43(63)42(62)36(59)25-66-45)41(61)33(52(37,38)30-9-6-5-7-10-30)21-29-22-39(60)56-40(29)31(11-8-20-53)35-24-54-28-55-35/h12,24,28-31,33-34,36-38,40-45,57-59,61-63H,5-11,13-23,25-27,53H2,1-4H3,(H,54,55)(H,56,60)(H,64,65)/t29-,31-,33-,34+,36-,37-,38+,40-,41-,42+,43-,44-,45+,47+,48+,49-,50-,51+,52+/m1/s1. The molecule has 0 spiro atoms. The third kappa shape index (κ3) is 7.55. The van der Waals surface area contributed by atoms with E-state index in [9.17, 15) is 45.3 Å². The molecule has 19 atom stereocenters. The van der Waals surface area contributed by atoms with Crippen LogP contribution >= 0.6 is 0 Å². The van der Waals surface area contributed by atoms with Gasteiger partial charge in [-0.1, -0.05) is 58.6 Å². The molecule has 0 aromatic carbocycles. The minimum atomic E-state index is -1.60. The molecule has 15 nitrogen and oxygen atoms in total. The first-order valence-corrected chi connectivity index (χ1v) is 26.0. The zero-order valence-electron chi connectivity index (χ0n) is 40.5. The van der Waals surface area contributed by atoms with Crippen LogP contribution in [0.4, 0.5) is 0 Å². The Kier molecular flexibility index (Phi) is 13.5. The second-order valence-electron chi connectivity index (χ2n) is 24.2. The van der Waals surface area contributed by atoms with Gasteiger partial charge in [0.2, 0.25) is 5.91 Å². The van der Waals surface area contributed by atoms with Crippen LogP contribution in [0.3, 0.4) is 0 Å². The number of carbonyl (C=O) groups is 2. The quantitative estimate of drug-likeness (QED) is 0.0964. The molecule has 6 aliphatic carbocycles. The largest absolute Gasteiger partial charge is 0.481 e. The first-order valence-electron chi connectivity index (χ1n) is 26.0. The molecule has 1 amide bonds. The van der Waals surface area contributed by atoms with Crippen LogP contribution < -0.4 is 11.1 Å². The van der Waals surface area contributed by atoms with Crippen molar-refractivity contribution in [2.45, 2.75) is 186 Å². The Balaban J connectivity index is 1.22. The summed E-state index contributed by atoms with van der Waals surface area (Å²) in [5, 5.41) is 83.6. The van der Waals surface area contributed by atoms with Crippen LogP contribution in [0.5, 0.6) is 0 Å². The Morgan fingerprint density at radius 2 is 1.70 bits per heavy atom. The number of amides is 1. The van der Waals surface area contributed by atoms with Gasteiger partial charge in [0.15, 0.2) is 6.29 Å². The van der Waals surface area contributed by atoms with E-state index >= 15 is 0 Å². The van der Waals surface area contributed by atoms with Gasteiger partial charge in [0.25, 0.3) is 0 Å². The maximum absolute atomic E-state index is 13.9. The van der Waals surface area contributed by atoms with Crippen molar-refractivity contribution in [3.63, 3.8) is 0 Å². The Bertz CT molecular complexity index is 1980. The van der Waals surface area contributed by atoms with Gasteiger partial charge in [-0.25, -0.2) is 4.98 Å². The van der Waals surface area contributed by atoms with Gasteiger partial charge in [-0.2, -0.15) is 0 Å². The summed E-state index contributed by atoms with van der Waals surface area (Å²) in [6.07, 6.45) is 10.5. The van der Waals surface area contributed by atoms with Gasteiger partial charge in [-0.05, 0) is 147 Å². The first kappa shape index (κ1) is 49.5. The van der Waals surface area contributed by atoms with Crippen molar-refractivity contribution in [2.24, 2.45) is 73.7 Å². The number of H-pyrrole nitrogens is 1. The van der Waals surface area contributed by atoms with Crippen molar-refractivity contribution in [3.05, 3.63) is 29.9 Å². The number of ether oxygens (including phenoxy) is 2. The van der Waals surface area contributed by atoms with Gasteiger partial charge in [0.05, 0.1) is 37.2 Å². The summed E-state index contributed by atoms with van der Waals surface area (Å²) in [5.41, 5.74) is 4.61. The summed E-state index contributed by atoms with van der Waals surface area (Å²) >= 11 is 0. The molecule has 15 heteroatoms. The third-order valence-corrected chi connectivity index (χ3v) is 21.3. The lowest BCUT2D eigenvalue weighted by Gasteiger charge is -2.76. The minimum Gasteiger partial charge on any atom is -0.481 e. The number of carboxylic acid groups (broad SMARTS) is 1. The number of aromatic amines is 1. The Labute approximate surface area is 396 Å². The zero-order chi connectivity index (χ0) is 47.9. The van der Waals surface area contributed by atoms with Crippen LogP contribution in [0.25, 0.3) is 0 Å². The number of fused-ring (bicyclic) bond motifs is 7. The number of nitrogens with two attached hydrogens (primary N) is 1. The molecule has 67 heavy (non-hydrogen) atoms. The van der Waals surface area contributed by atoms with Crippen LogP contribution in [-0.4, -0.2) is 127 Å². The normalized spacial score (nSPS) is 48.3. The van der Waals surface area contributed by atoms with Gasteiger partial charge in [-0.15, -0.1) is 0 Å². The van der Waals surface area contributed by atoms with Crippen molar-refractivity contribution < 1.29 is 54.8 Å². The maximum atomic E-state index is 13.9. The number of nitrogens with one attached hydrogen (secondary N) is 2. The van der Waals surface area contributed by atoms with Crippen molar-refractivity contribution in [2.75, 3.05) is 26.4 Å². The van der Waals surface area contributed by atoms with E-state index < -0.39 is 70.4 Å². The lowest BCUT2D eigenvalue weighted by atomic mass is 9.29. The highest BCUT2D eigenvalue weighted by Gasteiger charge is 2.76. The molecule has 5 saturated carbocycles. The van der Waals surface area contributed by atoms with E-state index in [2.05, 4.69) is 42.1 Å². The Morgan fingerprint density at radius 3 is 2.37 bits per heavy atom. The van der Waals surface area contributed by atoms with E-state index in [1.54, 1.807) is 6.33 Å². The fourth-order valence-corrected chi connectivity index (χ4v) is 17.6. The molecule has 11 N–H and O–H groups in total. The Hall–Kier alpha value is -2.47. The molecule has 0 radical (unpaired) electrons. The van der Waals surface area contributed by atoms with Crippen LogP contribution in [0.2, 0.25) is 0 Å². The van der Waals surface area contributed by atoms with E-state index in [-0.39, 0.29) is 84.5 Å². The number of carboxylic acids is 1. The third-order valence-electron chi connectivity index (χ3n) is 21.3. The number of hydrogen-bond donors (Lipinski definition) is 10. The number of aliphatic hydroxyl groups is 6. The molecule has 9 rings (SSSR count). The first-order chi connectivity index (χ1) is 31.9. The topological polar surface area (TPSA) is 261 Å². The van der Waals surface area contributed by atoms with Crippen LogP contribution in [-0.2, 0) is 19.1 Å². The van der Waals surface area contributed by atoms with E-state index in [0.717, 1.165) is 57.1 Å². The summed E-state index contributed by atoms with van der Waals surface area (Å²) in [5.74, 6) is -1.77. The molecule has 1 aromatic rings. The molecule has 2 saturated heterocycles. The lowest BCUT2D eigenvalue weighted by Crippen LogP contribution is -2.75. The van der Waals surface area contributed by atoms with E-state index in [0.29, 0.717) is 57.9 Å². The smallest absolute Gasteiger partial charge is 0.310 e. The summed E-state index contributed by atoms with van der Waals surface area (Å²) in [4.78, 5) is 35.1. The SMILES string of the molecule is C[C@]1(CO)CC[C@]2(C(=O)O)CC[C@]3(C)C(=CC[C@@H]4[C@@]5(C6CCCCC6)[C@H](C[C@@H]6CC(=O)N[C@H]6[C@H](CCCN)c6cnc[nH]6)[C@@H](O)[C@@H](O[C@@H]6OC[C@@H](O)[C@H](O)[C@H]6O)[C@@](C)(CO)[C@H]5CC[C@]43C)[C@@H]2C1. The molecule has 376 valence electrons. The number of aromatic nitrogens is 2. The second-order valence-corrected chi connectivity index (χ2v) is 24.2. The van der Waals surface area contributed by atoms with Gasteiger partial charge in [-0.3, -0.25) is 9.59 Å². The van der Waals surface area contributed by atoms with Crippen LogP contribution in [0.1, 0.15) is 148 Å². The number of hydrogen-bond acceptors (Lipinski definition) is 12. The molecular formula is C52H82N4O11. The summed E-state index contributed by atoms with van der Waals surface area (Å²) in [6, 6.07) is -0.279. The highest BCUT2D eigenvalue weighted by Crippen LogP contribution is 2.79. The molecule has 3 heterocycles. The van der Waals surface area contributed by atoms with Gasteiger partial charge >= 0.3 is 5.97 Å². The number of carbonyl (C=O) groups excluding carboxylic acids is 1. The van der Waals surface area contributed by atoms with Crippen molar-refractivity contribution >= 4 is 11.9 Å². The molecule has 8 aliphatic rings. The predicted octanol–water partition coefficient (Wildman–Crippen LogP) is 4.54. The number of nitrogens with zero attached hydrogens (tertiary/aromatic N) is 1. The number of allylic oxidation sites excluding steroid dienone is 2. The number of rotatable bonds is 13. The van der Waals surface area contributed by atoms with E-state index in [4.69, 9.17) is 15.2 Å². The zero-order valence-corrected chi connectivity index (χ0v) is 40.5. The number of imidazole rings is 1. The van der Waals surface area contributed by atoms with Crippen LogP contribution in [0, 0.1) is 68.0 Å². The van der Waals surface area contributed by atoms with E-state index in [1.807, 2.05) is 13.1 Å². The maximum Gasteiger partial charge on any atom is 0.310 e. The molecule has 0 unspecified atom stereocenters. The highest BCUT2D eigenvalue weighted by atomic mass is 16.7. The lowest BCUT2D eigenvalue weighted by molar-refractivity contribution is -0.349. The predicted molar refractivity (Wildman–Crippen MR) is 248 cm³/mol. The summed E-state index contributed by atoms with van der Waals surface area (Å²) < 4.78 is 12.7. The highest BCUT2D eigenvalue weighted by molar-refractivity contribution is 5.79. The summed E-state index contributed by atoms with van der Waals surface area (Å²) in [6.45, 7) is 8.90. The number of aliphatic hydroxyl groups excluding tert-OH is 6. The summed E-state index contributed by atoms with van der Waals surface area (Å²) in [7, 11) is 0. The molecule has 7 fully saturated rings. The molecule has 0 bridgehead atoms. The van der Waals surface area contributed by atoms with Gasteiger partial charge in [0.1, 0.15) is 18.3 Å². The monoisotopic (exact) mass is 939 g/mol. The number of aliphatic carboxylic acids is 1. The average molecular weight is 939 g/mol. The van der Waals surface area contributed by atoms with Crippen molar-refractivity contribution in [3.8, 4) is 0 Å². The minimum absolute atomic E-state index is 0.00451. The fraction of sp³-hybridized carbons (Fsp3) is 0.865. The van der Waals surface area contributed by atoms with Crippen molar-refractivity contribution in [1.29, 1.82) is 0 Å². The fourth-order valence-electron chi connectivity index (χ4n) is 17.6. The molecular weight excluding hydrogens is 857 g/mol. The molecule has 1 aromatic heterocycles.